The van der Waals surface area contributed by atoms with Gasteiger partial charge in [-0.3, -0.25) is 9.59 Å². The van der Waals surface area contributed by atoms with E-state index in [1.54, 1.807) is 26.6 Å². The van der Waals surface area contributed by atoms with Crippen LogP contribution in [-0.2, 0) is 9.84 Å². The van der Waals surface area contributed by atoms with Gasteiger partial charge in [0.2, 0.25) is 5.82 Å². The summed E-state index contributed by atoms with van der Waals surface area (Å²) < 4.78 is 25.2. The molecule has 0 N–H and O–H groups in total. The number of hydrogen-bond acceptors (Lipinski definition) is 6. The average molecular weight is 468 g/mol. The van der Waals surface area contributed by atoms with Crippen molar-refractivity contribution >= 4 is 21.7 Å². The molecule has 0 saturated carbocycles. The van der Waals surface area contributed by atoms with Crippen molar-refractivity contribution in [2.24, 2.45) is 0 Å². The van der Waals surface area contributed by atoms with Crippen molar-refractivity contribution in [1.82, 2.24) is 24.6 Å². The Hall–Kier alpha value is -3.53. The Bertz CT molecular complexity index is 1300. The zero-order chi connectivity index (χ0) is 23.8. The van der Waals surface area contributed by atoms with E-state index in [9.17, 15) is 18.0 Å². The quantitative estimate of drug-likeness (QED) is 0.582. The molecule has 1 saturated heterocycles. The van der Waals surface area contributed by atoms with E-state index in [0.29, 0.717) is 25.2 Å². The minimum Gasteiger partial charge on any atom is -0.335 e. The first-order valence-electron chi connectivity index (χ1n) is 10.4. The summed E-state index contributed by atoms with van der Waals surface area (Å²) in [6.07, 6.45) is 2.61. The molecule has 0 atom stereocenters. The normalized spacial score (nSPS) is 16.0. The van der Waals surface area contributed by atoms with Gasteiger partial charge in [-0.25, -0.2) is 18.1 Å². The number of nitrogens with zero attached hydrogens (tertiary/aromatic N) is 5. The van der Waals surface area contributed by atoms with Gasteiger partial charge in [0.15, 0.2) is 9.84 Å². The first-order chi connectivity index (χ1) is 15.6. The number of amides is 2. The number of para-hydroxylation sites is 1. The van der Waals surface area contributed by atoms with Gasteiger partial charge in [0.25, 0.3) is 11.8 Å². The Morgan fingerprint density at radius 3 is 2.36 bits per heavy atom. The molecule has 1 aromatic heterocycles. The molecule has 0 aliphatic carbocycles. The van der Waals surface area contributed by atoms with Gasteiger partial charge in [0.05, 0.1) is 16.1 Å². The van der Waals surface area contributed by atoms with Crippen LogP contribution in [-0.4, -0.2) is 76.2 Å². The molecule has 2 amide bonds. The maximum atomic E-state index is 13.2. The van der Waals surface area contributed by atoms with Crippen LogP contribution in [0.1, 0.15) is 34.8 Å². The number of sulfone groups is 1. The monoisotopic (exact) mass is 467 g/mol. The van der Waals surface area contributed by atoms with Crippen molar-refractivity contribution in [2.45, 2.75) is 24.3 Å². The number of rotatable bonds is 4. The molecule has 9 nitrogen and oxygen atoms in total. The fourth-order valence-electron chi connectivity index (χ4n) is 3.93. The Labute approximate surface area is 192 Å². The Kier molecular flexibility index (Phi) is 5.79. The van der Waals surface area contributed by atoms with Crippen LogP contribution in [0.25, 0.3) is 5.69 Å². The molecule has 1 fully saturated rings. The second-order valence-electron chi connectivity index (χ2n) is 8.64. The molecule has 0 unspecified atom stereocenters. The van der Waals surface area contributed by atoms with Crippen LogP contribution in [0.5, 0.6) is 0 Å². The lowest BCUT2D eigenvalue weighted by molar-refractivity contribution is 0.0160. The Morgan fingerprint density at radius 2 is 1.70 bits per heavy atom. The van der Waals surface area contributed by atoms with Gasteiger partial charge in [-0.1, -0.05) is 24.3 Å². The molecule has 172 valence electrons. The number of carbonyl (C=O) groups is 2. The summed E-state index contributed by atoms with van der Waals surface area (Å²) in [5, 5.41) is 4.33. The van der Waals surface area contributed by atoms with Crippen LogP contribution in [0.2, 0.25) is 0 Å². The largest absolute Gasteiger partial charge is 0.335 e. The number of aromatic nitrogens is 3. The van der Waals surface area contributed by atoms with Crippen LogP contribution in [0.3, 0.4) is 0 Å². The molecular weight excluding hydrogens is 442 g/mol. The third kappa shape index (κ3) is 4.65. The third-order valence-corrected chi connectivity index (χ3v) is 6.76. The Morgan fingerprint density at radius 1 is 0.970 bits per heavy atom. The van der Waals surface area contributed by atoms with Gasteiger partial charge in [-0.15, -0.1) is 5.10 Å². The number of carbonyl (C=O) groups excluding carboxylic acids is 2. The smallest absolute Gasteiger partial charge is 0.294 e. The first kappa shape index (κ1) is 22.7. The van der Waals surface area contributed by atoms with E-state index in [-0.39, 0.29) is 22.5 Å². The second kappa shape index (κ2) is 8.43. The summed E-state index contributed by atoms with van der Waals surface area (Å²) >= 11 is 0. The lowest BCUT2D eigenvalue weighted by atomic mass is 9.97. The van der Waals surface area contributed by atoms with Crippen molar-refractivity contribution in [3.63, 3.8) is 0 Å². The fraction of sp³-hybridized carbons (Fsp3) is 0.304. The summed E-state index contributed by atoms with van der Waals surface area (Å²) in [5.41, 5.74) is 0.435. The van der Waals surface area contributed by atoms with Gasteiger partial charge in [0.1, 0.15) is 6.33 Å². The van der Waals surface area contributed by atoms with Gasteiger partial charge in [0, 0.05) is 31.5 Å². The van der Waals surface area contributed by atoms with E-state index < -0.39 is 15.4 Å². The minimum atomic E-state index is -3.42. The fourth-order valence-corrected chi connectivity index (χ4v) is 4.60. The maximum Gasteiger partial charge on any atom is 0.294 e. The van der Waals surface area contributed by atoms with Crippen LogP contribution in [0.15, 0.2) is 65.8 Å². The molecule has 3 aromatic rings. The third-order valence-electron chi connectivity index (χ3n) is 5.65. The number of benzene rings is 2. The number of piperazine rings is 1. The molecule has 1 aliphatic rings. The molecule has 33 heavy (non-hydrogen) atoms. The highest BCUT2D eigenvalue weighted by Gasteiger charge is 2.40. The summed E-state index contributed by atoms with van der Waals surface area (Å²) in [6.45, 7) is 4.68. The van der Waals surface area contributed by atoms with Crippen LogP contribution in [0.4, 0.5) is 0 Å². The molecular formula is C23H25N5O4S. The molecule has 1 aliphatic heterocycles. The molecule has 10 heteroatoms. The maximum absolute atomic E-state index is 13.2. The summed E-state index contributed by atoms with van der Waals surface area (Å²) in [4.78, 5) is 33.9. The van der Waals surface area contributed by atoms with E-state index in [4.69, 9.17) is 0 Å². The zero-order valence-corrected chi connectivity index (χ0v) is 19.5. The molecule has 2 heterocycles. The lowest BCUT2D eigenvalue weighted by Gasteiger charge is -2.46. The van der Waals surface area contributed by atoms with E-state index in [1.807, 2.05) is 44.2 Å². The summed E-state index contributed by atoms with van der Waals surface area (Å²) in [7, 11) is -3.42. The topological polar surface area (TPSA) is 105 Å². The Balaban J connectivity index is 1.50. The van der Waals surface area contributed by atoms with E-state index in [2.05, 4.69) is 10.1 Å². The highest BCUT2D eigenvalue weighted by Crippen LogP contribution is 2.24. The second-order valence-corrected chi connectivity index (χ2v) is 10.7. The molecule has 0 spiro atoms. The van der Waals surface area contributed by atoms with E-state index in [1.165, 1.54) is 18.5 Å². The first-order valence-corrected chi connectivity index (χ1v) is 12.3. The number of hydrogen-bond donors (Lipinski definition) is 0. The van der Waals surface area contributed by atoms with Crippen LogP contribution >= 0.6 is 0 Å². The summed E-state index contributed by atoms with van der Waals surface area (Å²) in [5.74, 6) is -0.486. The van der Waals surface area contributed by atoms with Gasteiger partial charge in [-0.05, 0) is 44.2 Å². The summed E-state index contributed by atoms with van der Waals surface area (Å²) in [6, 6.07) is 15.4. The van der Waals surface area contributed by atoms with Crippen molar-refractivity contribution < 1.29 is 18.0 Å². The predicted molar refractivity (Wildman–Crippen MR) is 122 cm³/mol. The van der Waals surface area contributed by atoms with Crippen molar-refractivity contribution in [3.8, 4) is 5.69 Å². The van der Waals surface area contributed by atoms with Crippen molar-refractivity contribution in [3.05, 3.63) is 72.3 Å². The van der Waals surface area contributed by atoms with E-state index >= 15 is 0 Å². The molecule has 4 rings (SSSR count). The zero-order valence-electron chi connectivity index (χ0n) is 18.7. The van der Waals surface area contributed by atoms with E-state index in [0.717, 1.165) is 11.9 Å². The lowest BCUT2D eigenvalue weighted by Crippen LogP contribution is -2.62. The molecule has 0 radical (unpaired) electrons. The SMILES string of the molecule is CC1(C)CN(C(=O)c2cccc(S(C)(=O)=O)c2)CCN1C(=O)c1ncn(-c2ccccc2)n1. The van der Waals surface area contributed by atoms with Gasteiger partial charge >= 0.3 is 0 Å². The standard InChI is InChI=1S/C23H25N5O4S/c1-23(2)15-26(21(29)17-8-7-11-19(14-17)33(3,31)32)12-13-27(23)22(30)20-24-16-28(25-20)18-9-5-4-6-10-18/h4-11,14,16H,12-13,15H2,1-3H3. The minimum absolute atomic E-state index is 0.0903. The highest BCUT2D eigenvalue weighted by molar-refractivity contribution is 7.90. The predicted octanol–water partition coefficient (Wildman–Crippen LogP) is 2.05. The van der Waals surface area contributed by atoms with Gasteiger partial charge in [-0.2, -0.15) is 0 Å². The van der Waals surface area contributed by atoms with Crippen molar-refractivity contribution in [2.75, 3.05) is 25.9 Å². The molecule has 2 aromatic carbocycles. The highest BCUT2D eigenvalue weighted by atomic mass is 32.2. The van der Waals surface area contributed by atoms with Gasteiger partial charge < -0.3 is 9.80 Å². The average Bonchev–Trinajstić information content (AvgIpc) is 3.28. The van der Waals surface area contributed by atoms with Crippen LogP contribution < -0.4 is 0 Å². The molecule has 0 bridgehead atoms. The van der Waals surface area contributed by atoms with Crippen LogP contribution in [0, 0.1) is 0 Å². The van der Waals surface area contributed by atoms with Crippen molar-refractivity contribution in [1.29, 1.82) is 0 Å².